The van der Waals surface area contributed by atoms with E-state index in [9.17, 15) is 8.42 Å². The smallest absolute Gasteiger partial charge is 0.248 e. The summed E-state index contributed by atoms with van der Waals surface area (Å²) in [5.74, 6) is 0.0986. The number of anilines is 1. The molecule has 0 atom stereocenters. The lowest BCUT2D eigenvalue weighted by molar-refractivity contribution is 0.601. The molecule has 0 aliphatic carbocycles. The second kappa shape index (κ2) is 6.43. The highest BCUT2D eigenvalue weighted by Crippen LogP contribution is 2.22. The maximum Gasteiger partial charge on any atom is 0.264 e. The van der Waals surface area contributed by atoms with Gasteiger partial charge in [-0.3, -0.25) is 0 Å². The summed E-state index contributed by atoms with van der Waals surface area (Å²) in [6, 6.07) is 16.4. The largest absolute Gasteiger partial charge is 0.264 e. The zero-order valence-corrected chi connectivity index (χ0v) is 13.9. The molecule has 3 rings (SSSR count). The monoisotopic (exact) mass is 346 g/mol. The number of benzene rings is 2. The topological polar surface area (TPSA) is 87.7 Å². The summed E-state index contributed by atoms with van der Waals surface area (Å²) in [6.07, 6.45) is 1.81. The Balaban J connectivity index is 1.83. The molecule has 23 heavy (non-hydrogen) atoms. The van der Waals surface area contributed by atoms with Crippen molar-refractivity contribution in [1.29, 1.82) is 0 Å². The lowest BCUT2D eigenvalue weighted by Crippen LogP contribution is -2.13. The first-order chi connectivity index (χ1) is 11.1. The van der Waals surface area contributed by atoms with Gasteiger partial charge in [-0.15, -0.1) is 5.10 Å². The number of nitrogens with zero attached hydrogens (tertiary/aromatic N) is 2. The van der Waals surface area contributed by atoms with E-state index in [1.165, 1.54) is 11.8 Å². The number of thioether (sulfide) groups is 1. The highest BCUT2D eigenvalue weighted by Gasteiger charge is 2.16. The Kier molecular flexibility index (Phi) is 4.35. The summed E-state index contributed by atoms with van der Waals surface area (Å²) in [5, 5.41) is 6.89. The molecule has 0 amide bonds. The molecule has 6 nitrogen and oxygen atoms in total. The van der Waals surface area contributed by atoms with Crippen LogP contribution in [0, 0.1) is 0 Å². The summed E-state index contributed by atoms with van der Waals surface area (Å²) in [5.41, 5.74) is 1.98. The van der Waals surface area contributed by atoms with Crippen molar-refractivity contribution >= 4 is 27.7 Å². The fourth-order valence-corrected chi connectivity index (χ4v) is 3.30. The van der Waals surface area contributed by atoms with Gasteiger partial charge >= 0.3 is 0 Å². The van der Waals surface area contributed by atoms with Crippen LogP contribution in [0.25, 0.3) is 11.1 Å². The Morgan fingerprint density at radius 3 is 2.26 bits per heavy atom. The summed E-state index contributed by atoms with van der Waals surface area (Å²) in [6.45, 7) is 0. The van der Waals surface area contributed by atoms with Crippen molar-refractivity contribution in [3.63, 3.8) is 0 Å². The molecule has 2 N–H and O–H groups in total. The number of H-pyrrole nitrogens is 1. The molecule has 0 spiro atoms. The number of nitrogens with one attached hydrogen (secondary N) is 2. The summed E-state index contributed by atoms with van der Waals surface area (Å²) >= 11 is 1.32. The van der Waals surface area contributed by atoms with Crippen LogP contribution < -0.4 is 4.72 Å². The Labute approximate surface area is 138 Å². The van der Waals surface area contributed by atoms with Crippen molar-refractivity contribution in [2.24, 2.45) is 0 Å². The van der Waals surface area contributed by atoms with Crippen molar-refractivity contribution in [1.82, 2.24) is 15.2 Å². The number of hydrogen-bond donors (Lipinski definition) is 2. The van der Waals surface area contributed by atoms with Crippen LogP contribution in [0.3, 0.4) is 0 Å². The van der Waals surface area contributed by atoms with Gasteiger partial charge in [0, 0.05) is 0 Å². The number of hydrogen-bond acceptors (Lipinski definition) is 5. The maximum absolute atomic E-state index is 12.3. The number of aromatic amines is 1. The van der Waals surface area contributed by atoms with Gasteiger partial charge in [0.1, 0.15) is 0 Å². The van der Waals surface area contributed by atoms with Gasteiger partial charge < -0.3 is 0 Å². The van der Waals surface area contributed by atoms with E-state index in [0.717, 1.165) is 11.1 Å². The molecule has 0 saturated heterocycles. The van der Waals surface area contributed by atoms with E-state index in [2.05, 4.69) is 19.9 Å². The lowest BCUT2D eigenvalue weighted by Gasteiger charge is -2.06. The average molecular weight is 346 g/mol. The van der Waals surface area contributed by atoms with E-state index in [4.69, 9.17) is 0 Å². The second-order valence-electron chi connectivity index (χ2n) is 4.67. The zero-order chi connectivity index (χ0) is 16.3. The highest BCUT2D eigenvalue weighted by atomic mass is 32.2. The summed E-state index contributed by atoms with van der Waals surface area (Å²) < 4.78 is 27.1. The van der Waals surface area contributed by atoms with Gasteiger partial charge in [0.2, 0.25) is 11.1 Å². The van der Waals surface area contributed by atoms with E-state index in [1.807, 2.05) is 36.6 Å². The van der Waals surface area contributed by atoms with Crippen molar-refractivity contribution < 1.29 is 8.42 Å². The molecule has 8 heteroatoms. The zero-order valence-electron chi connectivity index (χ0n) is 12.2. The Bertz CT molecular complexity index is 891. The minimum Gasteiger partial charge on any atom is -0.248 e. The third-order valence-corrected chi connectivity index (χ3v) is 5.05. The predicted molar refractivity (Wildman–Crippen MR) is 90.9 cm³/mol. The van der Waals surface area contributed by atoms with Crippen LogP contribution >= 0.6 is 11.8 Å². The molecule has 0 aliphatic rings. The molecule has 1 heterocycles. The summed E-state index contributed by atoms with van der Waals surface area (Å²) in [7, 11) is -3.70. The van der Waals surface area contributed by atoms with Gasteiger partial charge in [0.05, 0.1) is 4.90 Å². The van der Waals surface area contributed by atoms with Crippen LogP contribution in [0.4, 0.5) is 5.95 Å². The number of aromatic nitrogens is 3. The van der Waals surface area contributed by atoms with Gasteiger partial charge in [-0.25, -0.2) is 18.2 Å². The molecule has 1 aromatic heterocycles. The lowest BCUT2D eigenvalue weighted by atomic mass is 10.1. The second-order valence-corrected chi connectivity index (χ2v) is 7.12. The standard InChI is InChI=1S/C15H14N4O2S2/c1-22-15-16-14(17-18-15)19-23(20,21)13-9-7-12(8-10-13)11-5-3-2-4-6-11/h2-10H,1H3,(H2,16,17,18,19). The number of rotatable bonds is 5. The van der Waals surface area contributed by atoms with E-state index in [1.54, 1.807) is 24.3 Å². The van der Waals surface area contributed by atoms with Crippen molar-refractivity contribution in [3.8, 4) is 11.1 Å². The minimum atomic E-state index is -3.70. The van der Waals surface area contributed by atoms with E-state index < -0.39 is 10.0 Å². The van der Waals surface area contributed by atoms with Gasteiger partial charge in [-0.1, -0.05) is 54.2 Å². The van der Waals surface area contributed by atoms with E-state index in [-0.39, 0.29) is 10.8 Å². The molecule has 3 aromatic rings. The minimum absolute atomic E-state index is 0.0986. The first-order valence-electron chi connectivity index (χ1n) is 6.73. The van der Waals surface area contributed by atoms with Gasteiger partial charge in [-0.2, -0.15) is 4.98 Å². The van der Waals surface area contributed by atoms with Gasteiger partial charge in [0.25, 0.3) is 10.0 Å². The highest BCUT2D eigenvalue weighted by molar-refractivity contribution is 7.98. The fraction of sp³-hybridized carbons (Fsp3) is 0.0667. The Hall–Kier alpha value is -2.32. The van der Waals surface area contributed by atoms with Crippen LogP contribution in [0.2, 0.25) is 0 Å². The molecule has 0 bridgehead atoms. The maximum atomic E-state index is 12.3. The molecule has 2 aromatic carbocycles. The molecule has 118 valence electrons. The third kappa shape index (κ3) is 3.54. The quantitative estimate of drug-likeness (QED) is 0.694. The van der Waals surface area contributed by atoms with Crippen LogP contribution in [0.1, 0.15) is 0 Å². The first kappa shape index (κ1) is 15.6. The fourth-order valence-electron chi connectivity index (χ4n) is 2.03. The van der Waals surface area contributed by atoms with Gasteiger partial charge in [0.15, 0.2) is 0 Å². The Morgan fingerprint density at radius 1 is 1.00 bits per heavy atom. The van der Waals surface area contributed by atoms with E-state index >= 15 is 0 Å². The average Bonchev–Trinajstić information content (AvgIpc) is 3.03. The molecular formula is C15H14N4O2S2. The van der Waals surface area contributed by atoms with Crippen molar-refractivity contribution in [3.05, 3.63) is 54.6 Å². The van der Waals surface area contributed by atoms with Crippen LogP contribution in [0.5, 0.6) is 0 Å². The van der Waals surface area contributed by atoms with Crippen molar-refractivity contribution in [2.45, 2.75) is 10.1 Å². The number of sulfonamides is 1. The Morgan fingerprint density at radius 2 is 1.65 bits per heavy atom. The SMILES string of the molecule is CSc1n[nH]c(NS(=O)(=O)c2ccc(-c3ccccc3)cc2)n1. The molecule has 0 aliphatic heterocycles. The van der Waals surface area contributed by atoms with Gasteiger partial charge in [-0.05, 0) is 29.5 Å². The molecule has 0 saturated carbocycles. The normalized spacial score (nSPS) is 11.3. The van der Waals surface area contributed by atoms with Crippen LogP contribution in [-0.4, -0.2) is 29.9 Å². The molecule has 0 fully saturated rings. The molecule has 0 unspecified atom stereocenters. The first-order valence-corrected chi connectivity index (χ1v) is 9.44. The van der Waals surface area contributed by atoms with Crippen LogP contribution in [0.15, 0.2) is 64.6 Å². The van der Waals surface area contributed by atoms with Crippen molar-refractivity contribution in [2.75, 3.05) is 11.0 Å². The van der Waals surface area contributed by atoms with E-state index in [0.29, 0.717) is 5.16 Å². The third-order valence-electron chi connectivity index (χ3n) is 3.15. The molecular weight excluding hydrogens is 332 g/mol. The summed E-state index contributed by atoms with van der Waals surface area (Å²) in [4.78, 5) is 4.18. The van der Waals surface area contributed by atoms with Crippen LogP contribution in [-0.2, 0) is 10.0 Å². The molecule has 0 radical (unpaired) electrons. The predicted octanol–water partition coefficient (Wildman–Crippen LogP) is 2.99.